The molecule has 25 heavy (non-hydrogen) atoms. The Morgan fingerprint density at radius 3 is 2.12 bits per heavy atom. The number of sulfonamides is 1. The smallest absolute Gasteiger partial charge is 0.249 e. The third kappa shape index (κ3) is 3.07. The van der Waals surface area contributed by atoms with Crippen molar-refractivity contribution in [3.05, 3.63) is 53.1 Å². The van der Waals surface area contributed by atoms with Crippen LogP contribution >= 0.6 is 0 Å². The van der Waals surface area contributed by atoms with Crippen LogP contribution in [0.15, 0.2) is 35.2 Å². The van der Waals surface area contributed by atoms with Crippen LogP contribution in [0.1, 0.15) is 11.1 Å². The molecule has 8 heteroatoms. The minimum absolute atomic E-state index is 0.00575. The first-order valence-corrected chi connectivity index (χ1v) is 9.00. The molecule has 0 atom stereocenters. The number of hydrogen-bond donors (Lipinski definition) is 0. The van der Waals surface area contributed by atoms with Crippen LogP contribution in [0.4, 0.5) is 8.78 Å². The molecule has 0 bridgehead atoms. The first-order chi connectivity index (χ1) is 11.9. The highest BCUT2D eigenvalue weighted by Gasteiger charge is 2.33. The highest BCUT2D eigenvalue weighted by molar-refractivity contribution is 7.89. The predicted octanol–water partition coefficient (Wildman–Crippen LogP) is 2.73. The molecule has 1 aliphatic rings. The van der Waals surface area contributed by atoms with Crippen molar-refractivity contribution in [3.8, 4) is 11.5 Å². The monoisotopic (exact) mass is 369 g/mol. The van der Waals surface area contributed by atoms with Crippen molar-refractivity contribution in [2.24, 2.45) is 0 Å². The predicted molar refractivity (Wildman–Crippen MR) is 87.2 cm³/mol. The fraction of sp³-hybridized carbons (Fsp3) is 0.294. The number of rotatable bonds is 4. The lowest BCUT2D eigenvalue weighted by molar-refractivity contribution is 0.348. The zero-order valence-electron chi connectivity index (χ0n) is 13.8. The van der Waals surface area contributed by atoms with Crippen LogP contribution < -0.4 is 9.47 Å². The topological polar surface area (TPSA) is 55.8 Å². The molecule has 3 rings (SSSR count). The minimum atomic E-state index is -4.29. The number of nitrogens with zero attached hydrogens (tertiary/aromatic N) is 1. The second-order valence-electron chi connectivity index (χ2n) is 5.62. The summed E-state index contributed by atoms with van der Waals surface area (Å²) < 4.78 is 64.8. The van der Waals surface area contributed by atoms with Crippen molar-refractivity contribution in [2.75, 3.05) is 20.8 Å². The molecule has 0 unspecified atom stereocenters. The van der Waals surface area contributed by atoms with Gasteiger partial charge in [-0.1, -0.05) is 6.07 Å². The molecule has 2 aromatic carbocycles. The molecule has 0 N–H and O–H groups in total. The van der Waals surface area contributed by atoms with Gasteiger partial charge in [-0.15, -0.1) is 0 Å². The number of hydrogen-bond acceptors (Lipinski definition) is 4. The second-order valence-corrected chi connectivity index (χ2v) is 7.49. The van der Waals surface area contributed by atoms with Gasteiger partial charge in [-0.05, 0) is 41.8 Å². The van der Waals surface area contributed by atoms with E-state index in [1.165, 1.54) is 14.2 Å². The summed E-state index contributed by atoms with van der Waals surface area (Å²) in [5.41, 5.74) is 1.63. The summed E-state index contributed by atoms with van der Waals surface area (Å²) in [5, 5.41) is 0. The molecule has 0 saturated carbocycles. The number of methoxy groups -OCH3 is 2. The zero-order valence-corrected chi connectivity index (χ0v) is 14.6. The van der Waals surface area contributed by atoms with E-state index in [0.717, 1.165) is 28.1 Å². The summed E-state index contributed by atoms with van der Waals surface area (Å²) in [5.74, 6) is -1.17. The van der Waals surface area contributed by atoms with E-state index in [9.17, 15) is 17.2 Å². The summed E-state index contributed by atoms with van der Waals surface area (Å²) in [7, 11) is -1.29. The average Bonchev–Trinajstić information content (AvgIpc) is 2.59. The van der Waals surface area contributed by atoms with Crippen LogP contribution in [0, 0.1) is 11.6 Å². The number of ether oxygens (including phenoxy) is 2. The van der Waals surface area contributed by atoms with Crippen LogP contribution in [0.25, 0.3) is 0 Å². The molecule has 1 heterocycles. The van der Waals surface area contributed by atoms with Gasteiger partial charge in [0.1, 0.15) is 11.6 Å². The fourth-order valence-corrected chi connectivity index (χ4v) is 4.45. The summed E-state index contributed by atoms with van der Waals surface area (Å²) in [4.78, 5) is -0.918. The quantitative estimate of drug-likeness (QED) is 0.832. The summed E-state index contributed by atoms with van der Waals surface area (Å²) in [6.45, 7) is 0.129. The lowest BCUT2D eigenvalue weighted by atomic mass is 10.0. The highest BCUT2D eigenvalue weighted by Crippen LogP contribution is 2.35. The molecule has 5 nitrogen and oxygen atoms in total. The van der Waals surface area contributed by atoms with Gasteiger partial charge in [-0.3, -0.25) is 0 Å². The van der Waals surface area contributed by atoms with Gasteiger partial charge < -0.3 is 9.47 Å². The van der Waals surface area contributed by atoms with E-state index < -0.39 is 26.6 Å². The standard InChI is InChI=1S/C17H17F2NO4S/c1-23-15-8-11-6-7-20(10-12(11)9-16(15)24-2)25(21,22)17-13(18)4-3-5-14(17)19/h3-5,8-9H,6-7,10H2,1-2H3. The first kappa shape index (κ1) is 17.6. The van der Waals surface area contributed by atoms with Gasteiger partial charge in [0.25, 0.3) is 0 Å². The Morgan fingerprint density at radius 2 is 1.56 bits per heavy atom. The van der Waals surface area contributed by atoms with E-state index in [2.05, 4.69) is 0 Å². The third-order valence-electron chi connectivity index (χ3n) is 4.20. The highest BCUT2D eigenvalue weighted by atomic mass is 32.2. The van der Waals surface area contributed by atoms with Crippen LogP contribution in [0.3, 0.4) is 0 Å². The van der Waals surface area contributed by atoms with Crippen molar-refractivity contribution in [2.45, 2.75) is 17.9 Å². The summed E-state index contributed by atoms with van der Waals surface area (Å²) >= 11 is 0. The van der Waals surface area contributed by atoms with E-state index in [1.807, 2.05) is 0 Å². The Balaban J connectivity index is 2.00. The van der Waals surface area contributed by atoms with Gasteiger partial charge in [0.2, 0.25) is 10.0 Å². The van der Waals surface area contributed by atoms with E-state index in [1.54, 1.807) is 12.1 Å². The van der Waals surface area contributed by atoms with Crippen LogP contribution in [0.2, 0.25) is 0 Å². The van der Waals surface area contributed by atoms with E-state index >= 15 is 0 Å². The van der Waals surface area contributed by atoms with Gasteiger partial charge in [-0.25, -0.2) is 17.2 Å². The third-order valence-corrected chi connectivity index (χ3v) is 6.10. The molecule has 0 amide bonds. The van der Waals surface area contributed by atoms with Crippen molar-refractivity contribution < 1.29 is 26.7 Å². The molecule has 1 aliphatic heterocycles. The fourth-order valence-electron chi connectivity index (χ4n) is 2.92. The van der Waals surface area contributed by atoms with Crippen molar-refractivity contribution >= 4 is 10.0 Å². The molecule has 0 fully saturated rings. The molecule has 0 spiro atoms. The molecule has 0 aromatic heterocycles. The zero-order chi connectivity index (χ0) is 18.2. The first-order valence-electron chi connectivity index (χ1n) is 7.56. The van der Waals surface area contributed by atoms with Gasteiger partial charge in [-0.2, -0.15) is 4.31 Å². The van der Waals surface area contributed by atoms with Crippen LogP contribution in [-0.2, 0) is 23.0 Å². The lowest BCUT2D eigenvalue weighted by Crippen LogP contribution is -2.36. The minimum Gasteiger partial charge on any atom is -0.493 e. The van der Waals surface area contributed by atoms with E-state index in [4.69, 9.17) is 9.47 Å². The van der Waals surface area contributed by atoms with Gasteiger partial charge in [0.15, 0.2) is 16.4 Å². The second kappa shape index (κ2) is 6.61. The summed E-state index contributed by atoms with van der Waals surface area (Å²) in [6.07, 6.45) is 0.408. The molecule has 0 saturated heterocycles. The average molecular weight is 369 g/mol. The normalized spacial score (nSPS) is 14.9. The SMILES string of the molecule is COc1cc2c(cc1OC)CN(S(=O)(=O)c1c(F)cccc1F)CC2. The van der Waals surface area contributed by atoms with Crippen molar-refractivity contribution in [1.82, 2.24) is 4.31 Å². The molecule has 2 aromatic rings. The molecule has 134 valence electrons. The molecule has 0 radical (unpaired) electrons. The van der Waals surface area contributed by atoms with Gasteiger partial charge in [0, 0.05) is 13.1 Å². The van der Waals surface area contributed by atoms with Crippen LogP contribution in [0.5, 0.6) is 11.5 Å². The molecular weight excluding hydrogens is 352 g/mol. The Kier molecular flexibility index (Phi) is 4.66. The van der Waals surface area contributed by atoms with E-state index in [-0.39, 0.29) is 13.1 Å². The van der Waals surface area contributed by atoms with Gasteiger partial charge >= 0.3 is 0 Å². The Hall–Kier alpha value is -2.19. The molecule has 0 aliphatic carbocycles. The largest absolute Gasteiger partial charge is 0.493 e. The maximum atomic E-state index is 13.9. The Morgan fingerprint density at radius 1 is 1.00 bits per heavy atom. The molecular formula is C17H17F2NO4S. The number of benzene rings is 2. The Bertz CT molecular complexity index is 895. The van der Waals surface area contributed by atoms with Gasteiger partial charge in [0.05, 0.1) is 14.2 Å². The Labute approximate surface area is 144 Å². The lowest BCUT2D eigenvalue weighted by Gasteiger charge is -2.29. The summed E-state index contributed by atoms with van der Waals surface area (Å²) in [6, 6.07) is 6.48. The van der Waals surface area contributed by atoms with Crippen molar-refractivity contribution in [3.63, 3.8) is 0 Å². The van der Waals surface area contributed by atoms with Crippen molar-refractivity contribution in [1.29, 1.82) is 0 Å². The van der Waals surface area contributed by atoms with Crippen LogP contribution in [-0.4, -0.2) is 33.5 Å². The maximum absolute atomic E-state index is 13.9. The number of halogens is 2. The number of fused-ring (bicyclic) bond motifs is 1. The maximum Gasteiger partial charge on any atom is 0.249 e. The van der Waals surface area contributed by atoms with E-state index in [0.29, 0.717) is 23.5 Å².